The summed E-state index contributed by atoms with van der Waals surface area (Å²) in [7, 11) is 0. The van der Waals surface area contributed by atoms with Crippen LogP contribution in [0.5, 0.6) is 0 Å². The lowest BCUT2D eigenvalue weighted by Gasteiger charge is -2.08. The van der Waals surface area contributed by atoms with E-state index in [1.165, 1.54) is 0 Å². The summed E-state index contributed by atoms with van der Waals surface area (Å²) in [5, 5.41) is 8.61. The summed E-state index contributed by atoms with van der Waals surface area (Å²) < 4.78 is 13.0. The van der Waals surface area contributed by atoms with Crippen LogP contribution in [0.2, 0.25) is 0 Å². The van der Waals surface area contributed by atoms with Crippen molar-refractivity contribution in [3.8, 4) is 0 Å². The molecule has 0 saturated heterocycles. The molecule has 1 aromatic carbocycles. The van der Waals surface area contributed by atoms with Crippen LogP contribution in [0.15, 0.2) is 18.2 Å². The molecular weight excluding hydrogens is 155 g/mol. The van der Waals surface area contributed by atoms with Crippen molar-refractivity contribution in [3.05, 3.63) is 34.9 Å². The average Bonchev–Trinajstić information content (AvgIpc) is 2.03. The predicted octanol–water partition coefficient (Wildman–Crippen LogP) is 2.31. The van der Waals surface area contributed by atoms with Crippen molar-refractivity contribution < 1.29 is 9.50 Å². The molecule has 1 rings (SSSR count). The summed E-state index contributed by atoms with van der Waals surface area (Å²) in [5.74, 6) is 0. The van der Waals surface area contributed by atoms with Gasteiger partial charge in [-0.3, -0.25) is 0 Å². The lowest BCUT2D eigenvalue weighted by Crippen LogP contribution is -1.99. The molecule has 66 valence electrons. The zero-order valence-corrected chi connectivity index (χ0v) is 7.34. The molecular formula is C10H13FO. The number of alkyl halides is 1. The van der Waals surface area contributed by atoms with Gasteiger partial charge in [0.05, 0.1) is 6.61 Å². The number of benzene rings is 1. The van der Waals surface area contributed by atoms with E-state index in [0.717, 1.165) is 11.1 Å². The Kier molecular flexibility index (Phi) is 2.82. The fraction of sp³-hybridized carbons (Fsp3) is 0.400. The largest absolute Gasteiger partial charge is 0.393 e. The minimum atomic E-state index is -1.24. The van der Waals surface area contributed by atoms with Gasteiger partial charge in [0.25, 0.3) is 0 Å². The van der Waals surface area contributed by atoms with Crippen LogP contribution in [-0.2, 0) is 0 Å². The smallest absolute Gasteiger partial charge is 0.148 e. The summed E-state index contributed by atoms with van der Waals surface area (Å²) in [4.78, 5) is 0. The topological polar surface area (TPSA) is 20.2 Å². The molecule has 0 amide bonds. The molecule has 1 N–H and O–H groups in total. The van der Waals surface area contributed by atoms with Gasteiger partial charge in [0.1, 0.15) is 6.17 Å². The number of rotatable bonds is 2. The summed E-state index contributed by atoms with van der Waals surface area (Å²) in [5.41, 5.74) is 2.60. The van der Waals surface area contributed by atoms with Crippen LogP contribution in [-0.4, -0.2) is 11.7 Å². The number of aryl methyl sites for hydroxylation is 2. The second-order valence-corrected chi connectivity index (χ2v) is 3.01. The first-order valence-corrected chi connectivity index (χ1v) is 3.97. The van der Waals surface area contributed by atoms with E-state index in [0.29, 0.717) is 5.56 Å². The van der Waals surface area contributed by atoms with E-state index >= 15 is 0 Å². The molecule has 0 aliphatic heterocycles. The summed E-state index contributed by atoms with van der Waals surface area (Å²) in [6, 6.07) is 5.49. The molecule has 0 saturated carbocycles. The van der Waals surface area contributed by atoms with Crippen molar-refractivity contribution in [2.45, 2.75) is 20.0 Å². The highest BCUT2D eigenvalue weighted by Gasteiger charge is 2.09. The fourth-order valence-corrected chi connectivity index (χ4v) is 1.28. The van der Waals surface area contributed by atoms with E-state index in [9.17, 15) is 4.39 Å². The monoisotopic (exact) mass is 168 g/mol. The molecule has 0 spiro atoms. The maximum absolute atomic E-state index is 13.0. The van der Waals surface area contributed by atoms with Crippen molar-refractivity contribution in [2.24, 2.45) is 0 Å². The third-order valence-electron chi connectivity index (χ3n) is 1.92. The molecule has 0 aromatic heterocycles. The Labute approximate surface area is 71.9 Å². The van der Waals surface area contributed by atoms with Crippen LogP contribution in [0.1, 0.15) is 22.9 Å². The van der Waals surface area contributed by atoms with Crippen molar-refractivity contribution in [2.75, 3.05) is 6.61 Å². The van der Waals surface area contributed by atoms with Crippen LogP contribution in [0.4, 0.5) is 4.39 Å². The van der Waals surface area contributed by atoms with Crippen LogP contribution in [0, 0.1) is 13.8 Å². The highest BCUT2D eigenvalue weighted by molar-refractivity contribution is 5.31. The Balaban J connectivity index is 3.01. The van der Waals surface area contributed by atoms with E-state index in [1.807, 2.05) is 26.0 Å². The first kappa shape index (κ1) is 9.20. The zero-order valence-electron chi connectivity index (χ0n) is 7.34. The molecule has 0 bridgehead atoms. The van der Waals surface area contributed by atoms with E-state index < -0.39 is 12.8 Å². The maximum Gasteiger partial charge on any atom is 0.148 e. The standard InChI is InChI=1S/C10H13FO/c1-7-3-4-9(8(2)5-7)10(11)6-12/h3-5,10,12H,6H2,1-2H3. The Bertz CT molecular complexity index is 271. The molecule has 1 unspecified atom stereocenters. The maximum atomic E-state index is 13.0. The third kappa shape index (κ3) is 1.83. The van der Waals surface area contributed by atoms with Crippen molar-refractivity contribution in [3.63, 3.8) is 0 Å². The second-order valence-electron chi connectivity index (χ2n) is 3.01. The van der Waals surface area contributed by atoms with Gasteiger partial charge in [0.2, 0.25) is 0 Å². The van der Waals surface area contributed by atoms with Gasteiger partial charge < -0.3 is 5.11 Å². The second kappa shape index (κ2) is 3.68. The lowest BCUT2D eigenvalue weighted by molar-refractivity contribution is 0.179. The van der Waals surface area contributed by atoms with Gasteiger partial charge in [-0.05, 0) is 25.0 Å². The Morgan fingerprint density at radius 2 is 2.08 bits per heavy atom. The van der Waals surface area contributed by atoms with Gasteiger partial charge in [-0.15, -0.1) is 0 Å². The van der Waals surface area contributed by atoms with Gasteiger partial charge in [-0.1, -0.05) is 23.8 Å². The highest BCUT2D eigenvalue weighted by atomic mass is 19.1. The van der Waals surface area contributed by atoms with Gasteiger partial charge in [-0.25, -0.2) is 4.39 Å². The molecule has 0 radical (unpaired) electrons. The molecule has 1 aromatic rings. The summed E-state index contributed by atoms with van der Waals surface area (Å²) in [6.07, 6.45) is -1.24. The molecule has 12 heavy (non-hydrogen) atoms. The van der Waals surface area contributed by atoms with E-state index in [-0.39, 0.29) is 0 Å². The Morgan fingerprint density at radius 3 is 2.58 bits per heavy atom. The van der Waals surface area contributed by atoms with Crippen LogP contribution in [0.25, 0.3) is 0 Å². The minimum Gasteiger partial charge on any atom is -0.393 e. The SMILES string of the molecule is Cc1ccc(C(F)CO)c(C)c1. The molecule has 0 heterocycles. The zero-order chi connectivity index (χ0) is 9.14. The quantitative estimate of drug-likeness (QED) is 0.718. The molecule has 0 fully saturated rings. The number of hydrogen-bond donors (Lipinski definition) is 1. The average molecular weight is 168 g/mol. The lowest BCUT2D eigenvalue weighted by atomic mass is 10.0. The molecule has 1 atom stereocenters. The highest BCUT2D eigenvalue weighted by Crippen LogP contribution is 2.21. The van der Waals surface area contributed by atoms with Crippen LogP contribution < -0.4 is 0 Å². The molecule has 0 aliphatic rings. The van der Waals surface area contributed by atoms with Gasteiger partial charge in [-0.2, -0.15) is 0 Å². The first-order chi connectivity index (χ1) is 5.65. The summed E-state index contributed by atoms with van der Waals surface area (Å²) in [6.45, 7) is 3.37. The van der Waals surface area contributed by atoms with Crippen molar-refractivity contribution in [1.29, 1.82) is 0 Å². The molecule has 2 heteroatoms. The normalized spacial score (nSPS) is 13.0. The van der Waals surface area contributed by atoms with E-state index in [1.54, 1.807) is 6.07 Å². The first-order valence-electron chi connectivity index (χ1n) is 3.97. The van der Waals surface area contributed by atoms with Crippen molar-refractivity contribution in [1.82, 2.24) is 0 Å². The van der Waals surface area contributed by atoms with Crippen molar-refractivity contribution >= 4 is 0 Å². The Morgan fingerprint density at radius 1 is 1.42 bits per heavy atom. The van der Waals surface area contributed by atoms with Crippen LogP contribution in [0.3, 0.4) is 0 Å². The summed E-state index contributed by atoms with van der Waals surface area (Å²) >= 11 is 0. The number of halogens is 1. The predicted molar refractivity (Wildman–Crippen MR) is 46.9 cm³/mol. The third-order valence-corrected chi connectivity index (χ3v) is 1.92. The molecule has 1 nitrogen and oxygen atoms in total. The van der Waals surface area contributed by atoms with Gasteiger partial charge in [0.15, 0.2) is 0 Å². The van der Waals surface area contributed by atoms with E-state index in [2.05, 4.69) is 0 Å². The minimum absolute atomic E-state index is 0.441. The molecule has 0 aliphatic carbocycles. The number of hydrogen-bond acceptors (Lipinski definition) is 1. The number of aliphatic hydroxyl groups is 1. The van der Waals surface area contributed by atoms with Gasteiger partial charge >= 0.3 is 0 Å². The number of aliphatic hydroxyl groups excluding tert-OH is 1. The fourth-order valence-electron chi connectivity index (χ4n) is 1.28. The van der Waals surface area contributed by atoms with E-state index in [4.69, 9.17) is 5.11 Å². The Hall–Kier alpha value is -0.890. The van der Waals surface area contributed by atoms with Crippen LogP contribution >= 0.6 is 0 Å². The van der Waals surface area contributed by atoms with Gasteiger partial charge in [0, 0.05) is 0 Å².